The molecule has 2 N–H and O–H groups in total. The Morgan fingerprint density at radius 2 is 2.12 bits per heavy atom. The van der Waals surface area contributed by atoms with E-state index < -0.39 is 0 Å². The number of benzene rings is 1. The van der Waals surface area contributed by atoms with Crippen molar-refractivity contribution >= 4 is 22.3 Å². The summed E-state index contributed by atoms with van der Waals surface area (Å²) >= 11 is 1.82. The maximum absolute atomic E-state index is 5.56. The van der Waals surface area contributed by atoms with Gasteiger partial charge in [-0.25, -0.2) is 0 Å². The maximum atomic E-state index is 5.56. The number of hydrogen-bond acceptors (Lipinski definition) is 4. The van der Waals surface area contributed by atoms with Crippen LogP contribution in [0.3, 0.4) is 0 Å². The van der Waals surface area contributed by atoms with Gasteiger partial charge >= 0.3 is 0 Å². The third kappa shape index (κ3) is 5.14. The summed E-state index contributed by atoms with van der Waals surface area (Å²) in [4.78, 5) is 6.85. The van der Waals surface area contributed by atoms with Gasteiger partial charge in [-0.15, -0.1) is 11.3 Å². The first-order valence-electron chi connectivity index (χ1n) is 9.26. The van der Waals surface area contributed by atoms with Crippen LogP contribution in [0, 0.1) is 0 Å². The van der Waals surface area contributed by atoms with Crippen molar-refractivity contribution in [1.29, 1.82) is 0 Å². The SMILES string of the molecule is CCOc1cccc(CNC(=NC)NC2CCN(c3cccs3)CC2)c1. The number of guanidine groups is 1. The van der Waals surface area contributed by atoms with Gasteiger partial charge in [0.1, 0.15) is 5.75 Å². The molecule has 0 atom stereocenters. The average Bonchev–Trinajstić information content (AvgIpc) is 3.21. The lowest BCUT2D eigenvalue weighted by Crippen LogP contribution is -2.48. The molecule has 5 nitrogen and oxygen atoms in total. The van der Waals surface area contributed by atoms with E-state index in [-0.39, 0.29) is 0 Å². The molecule has 0 unspecified atom stereocenters. The van der Waals surface area contributed by atoms with Crippen LogP contribution in [0.15, 0.2) is 46.8 Å². The van der Waals surface area contributed by atoms with Gasteiger partial charge in [-0.3, -0.25) is 4.99 Å². The molecule has 1 saturated heterocycles. The summed E-state index contributed by atoms with van der Waals surface area (Å²) in [6.07, 6.45) is 2.25. The molecule has 26 heavy (non-hydrogen) atoms. The second kappa shape index (κ2) is 9.48. The van der Waals surface area contributed by atoms with Crippen LogP contribution < -0.4 is 20.3 Å². The van der Waals surface area contributed by atoms with Gasteiger partial charge in [0.15, 0.2) is 5.96 Å². The molecule has 1 aromatic heterocycles. The summed E-state index contributed by atoms with van der Waals surface area (Å²) in [7, 11) is 1.83. The number of thiophene rings is 1. The van der Waals surface area contributed by atoms with Gasteiger partial charge in [-0.1, -0.05) is 12.1 Å². The van der Waals surface area contributed by atoms with Gasteiger partial charge in [0, 0.05) is 32.7 Å². The van der Waals surface area contributed by atoms with Crippen molar-refractivity contribution in [3.8, 4) is 5.75 Å². The van der Waals surface area contributed by atoms with E-state index in [4.69, 9.17) is 4.74 Å². The number of ether oxygens (including phenoxy) is 1. The molecule has 2 aromatic rings. The normalized spacial score (nSPS) is 15.8. The lowest BCUT2D eigenvalue weighted by molar-refractivity contribution is 0.340. The molecule has 0 spiro atoms. The highest BCUT2D eigenvalue weighted by molar-refractivity contribution is 7.14. The van der Waals surface area contributed by atoms with Gasteiger partial charge in [0.25, 0.3) is 0 Å². The van der Waals surface area contributed by atoms with E-state index in [0.29, 0.717) is 12.6 Å². The number of nitrogens with one attached hydrogen (secondary N) is 2. The van der Waals surface area contributed by atoms with E-state index in [9.17, 15) is 0 Å². The fourth-order valence-electron chi connectivity index (χ4n) is 3.18. The van der Waals surface area contributed by atoms with Gasteiger partial charge in [0.05, 0.1) is 11.6 Å². The molecule has 2 heterocycles. The quantitative estimate of drug-likeness (QED) is 0.602. The fraction of sp³-hybridized carbons (Fsp3) is 0.450. The van der Waals surface area contributed by atoms with E-state index in [1.165, 1.54) is 10.6 Å². The lowest BCUT2D eigenvalue weighted by atomic mass is 10.1. The van der Waals surface area contributed by atoms with Crippen molar-refractivity contribution in [3.05, 3.63) is 47.3 Å². The van der Waals surface area contributed by atoms with E-state index >= 15 is 0 Å². The molecular weight excluding hydrogens is 344 g/mol. The third-order valence-electron chi connectivity index (χ3n) is 4.55. The number of piperidine rings is 1. The zero-order valence-corrected chi connectivity index (χ0v) is 16.4. The van der Waals surface area contributed by atoms with Crippen LogP contribution in [0.25, 0.3) is 0 Å². The minimum absolute atomic E-state index is 0.465. The minimum atomic E-state index is 0.465. The van der Waals surface area contributed by atoms with Crippen molar-refractivity contribution in [2.75, 3.05) is 31.6 Å². The standard InChI is InChI=1S/C20H28N4OS/c1-3-25-18-7-4-6-16(14-18)15-22-20(21-2)23-17-9-11-24(12-10-17)19-8-5-13-26-19/h4-8,13-14,17H,3,9-12,15H2,1-2H3,(H2,21,22,23). The van der Waals surface area contributed by atoms with Crippen molar-refractivity contribution in [2.45, 2.75) is 32.4 Å². The Kier molecular flexibility index (Phi) is 6.77. The largest absolute Gasteiger partial charge is 0.494 e. The van der Waals surface area contributed by atoms with Crippen LogP contribution >= 0.6 is 11.3 Å². The number of nitrogens with zero attached hydrogens (tertiary/aromatic N) is 2. The number of anilines is 1. The van der Waals surface area contributed by atoms with Gasteiger partial charge in [-0.2, -0.15) is 0 Å². The van der Waals surface area contributed by atoms with Crippen LogP contribution in [0.2, 0.25) is 0 Å². The Morgan fingerprint density at radius 1 is 1.27 bits per heavy atom. The van der Waals surface area contributed by atoms with Crippen LogP contribution in [0.4, 0.5) is 5.00 Å². The molecule has 140 valence electrons. The molecule has 1 fully saturated rings. The molecule has 1 aliphatic rings. The maximum Gasteiger partial charge on any atom is 0.191 e. The number of aliphatic imine (C=N–C) groups is 1. The molecule has 0 saturated carbocycles. The molecule has 0 amide bonds. The Labute approximate surface area is 160 Å². The molecule has 1 aliphatic heterocycles. The summed E-state index contributed by atoms with van der Waals surface area (Å²) in [5.41, 5.74) is 1.19. The Bertz CT molecular complexity index is 694. The third-order valence-corrected chi connectivity index (χ3v) is 5.48. The molecule has 0 radical (unpaired) electrons. The molecule has 6 heteroatoms. The van der Waals surface area contributed by atoms with E-state index in [0.717, 1.165) is 44.2 Å². The highest BCUT2D eigenvalue weighted by atomic mass is 32.1. The van der Waals surface area contributed by atoms with Crippen LogP contribution in [-0.2, 0) is 6.54 Å². The van der Waals surface area contributed by atoms with Crippen molar-refractivity contribution in [3.63, 3.8) is 0 Å². The molecular formula is C20H28N4OS. The molecule has 3 rings (SSSR count). The summed E-state index contributed by atoms with van der Waals surface area (Å²) in [6, 6.07) is 13.0. The van der Waals surface area contributed by atoms with Gasteiger partial charge in [-0.05, 0) is 55.0 Å². The molecule has 0 aliphatic carbocycles. The summed E-state index contributed by atoms with van der Waals surface area (Å²) in [5.74, 6) is 1.78. The Balaban J connectivity index is 1.46. The summed E-state index contributed by atoms with van der Waals surface area (Å²) in [5, 5.41) is 10.5. The molecule has 1 aromatic carbocycles. The highest BCUT2D eigenvalue weighted by Crippen LogP contribution is 2.24. The highest BCUT2D eigenvalue weighted by Gasteiger charge is 2.20. The monoisotopic (exact) mass is 372 g/mol. The first kappa shape index (κ1) is 18.6. The van der Waals surface area contributed by atoms with E-state index in [1.54, 1.807) is 0 Å². The predicted molar refractivity (Wildman–Crippen MR) is 110 cm³/mol. The topological polar surface area (TPSA) is 48.9 Å². The van der Waals surface area contributed by atoms with E-state index in [2.05, 4.69) is 50.2 Å². The van der Waals surface area contributed by atoms with Gasteiger partial charge < -0.3 is 20.3 Å². The lowest BCUT2D eigenvalue weighted by Gasteiger charge is -2.33. The second-order valence-electron chi connectivity index (χ2n) is 6.36. The minimum Gasteiger partial charge on any atom is -0.494 e. The predicted octanol–water partition coefficient (Wildman–Crippen LogP) is 3.48. The fourth-order valence-corrected chi connectivity index (χ4v) is 3.97. The smallest absolute Gasteiger partial charge is 0.191 e. The Morgan fingerprint density at radius 3 is 2.81 bits per heavy atom. The van der Waals surface area contributed by atoms with Crippen LogP contribution in [-0.4, -0.2) is 38.7 Å². The summed E-state index contributed by atoms with van der Waals surface area (Å²) < 4.78 is 5.56. The number of hydrogen-bond donors (Lipinski definition) is 2. The van der Waals surface area contributed by atoms with Crippen LogP contribution in [0.5, 0.6) is 5.75 Å². The first-order chi connectivity index (χ1) is 12.8. The first-order valence-corrected chi connectivity index (χ1v) is 10.1. The average molecular weight is 373 g/mol. The molecule has 0 bridgehead atoms. The second-order valence-corrected chi connectivity index (χ2v) is 7.29. The zero-order valence-electron chi connectivity index (χ0n) is 15.6. The van der Waals surface area contributed by atoms with Crippen molar-refractivity contribution in [1.82, 2.24) is 10.6 Å². The number of rotatable bonds is 6. The van der Waals surface area contributed by atoms with Gasteiger partial charge in [0.2, 0.25) is 0 Å². The Hall–Kier alpha value is -2.21. The summed E-state index contributed by atoms with van der Waals surface area (Å²) in [6.45, 7) is 5.59. The zero-order chi connectivity index (χ0) is 18.2. The van der Waals surface area contributed by atoms with E-state index in [1.807, 2.05) is 37.4 Å². The van der Waals surface area contributed by atoms with Crippen molar-refractivity contribution in [2.24, 2.45) is 4.99 Å². The van der Waals surface area contributed by atoms with Crippen molar-refractivity contribution < 1.29 is 4.74 Å². The van der Waals surface area contributed by atoms with Crippen LogP contribution in [0.1, 0.15) is 25.3 Å².